The van der Waals surface area contributed by atoms with Crippen LogP contribution in [0.3, 0.4) is 0 Å². The second-order valence-electron chi connectivity index (χ2n) is 12.1. The van der Waals surface area contributed by atoms with Gasteiger partial charge in [-0.05, 0) is 24.7 Å². The molecule has 0 amide bonds. The molecule has 0 unspecified atom stereocenters. The third-order valence-corrected chi connectivity index (χ3v) is 7.13. The number of hydrogen-bond acceptors (Lipinski definition) is 5. The van der Waals surface area contributed by atoms with Gasteiger partial charge < -0.3 is 23.7 Å². The molecule has 5 nitrogen and oxygen atoms in total. The molecule has 0 aliphatic carbocycles. The molecule has 0 aliphatic heterocycles. The van der Waals surface area contributed by atoms with Gasteiger partial charge in [-0.1, -0.05) is 130 Å². The van der Waals surface area contributed by atoms with Gasteiger partial charge in [0.05, 0.1) is 52.9 Å². The minimum absolute atomic E-state index is 0.606. The van der Waals surface area contributed by atoms with Crippen LogP contribution >= 0.6 is 0 Å². The molecule has 0 aromatic carbocycles. The number of ether oxygens (including phenoxy) is 5. The van der Waals surface area contributed by atoms with Crippen LogP contribution in [0.4, 0.5) is 0 Å². The van der Waals surface area contributed by atoms with E-state index in [2.05, 4.69) is 27.7 Å². The zero-order valence-electron chi connectivity index (χ0n) is 27.0. The lowest BCUT2D eigenvalue weighted by atomic mass is 10.0. The van der Waals surface area contributed by atoms with Crippen LogP contribution in [0.25, 0.3) is 0 Å². The Hall–Kier alpha value is -0.200. The first-order valence-electron chi connectivity index (χ1n) is 17.0. The van der Waals surface area contributed by atoms with Crippen molar-refractivity contribution in [3.05, 3.63) is 0 Å². The fourth-order valence-electron chi connectivity index (χ4n) is 4.62. The normalized spacial score (nSPS) is 11.8. The number of unbranched alkanes of at least 4 members (excludes halogenated alkanes) is 14. The standard InChI is InChI=1S/C34H70O5/c1-33(2)21-17-13-9-5-7-11-15-19-23-35-25-27-37-29-31-39-32-30-38-28-26-36-24-20-16-12-8-6-10-14-18-22-34(3)4/h33-34H,5-32H2,1-4H3. The highest BCUT2D eigenvalue weighted by atomic mass is 16.6. The van der Waals surface area contributed by atoms with Crippen LogP contribution in [0, 0.1) is 11.8 Å². The van der Waals surface area contributed by atoms with Crippen molar-refractivity contribution in [1.29, 1.82) is 0 Å². The molecule has 0 N–H and O–H groups in total. The van der Waals surface area contributed by atoms with Crippen molar-refractivity contribution in [1.82, 2.24) is 0 Å². The Balaban J connectivity index is 3.03. The van der Waals surface area contributed by atoms with Gasteiger partial charge in [0, 0.05) is 13.2 Å². The molecule has 0 aliphatic rings. The Morgan fingerprint density at radius 3 is 0.718 bits per heavy atom. The summed E-state index contributed by atoms with van der Waals surface area (Å²) in [7, 11) is 0. The van der Waals surface area contributed by atoms with Crippen LogP contribution in [0.1, 0.15) is 143 Å². The average Bonchev–Trinajstić information content (AvgIpc) is 2.91. The Morgan fingerprint density at radius 2 is 0.462 bits per heavy atom. The van der Waals surface area contributed by atoms with E-state index in [0.717, 1.165) is 25.0 Å². The molecule has 39 heavy (non-hydrogen) atoms. The van der Waals surface area contributed by atoms with E-state index >= 15 is 0 Å². The van der Waals surface area contributed by atoms with E-state index in [1.807, 2.05) is 0 Å². The van der Waals surface area contributed by atoms with Crippen molar-refractivity contribution in [2.24, 2.45) is 11.8 Å². The fraction of sp³-hybridized carbons (Fsp3) is 1.00. The summed E-state index contributed by atoms with van der Waals surface area (Å²) >= 11 is 0. The van der Waals surface area contributed by atoms with E-state index in [1.165, 1.54) is 116 Å². The maximum Gasteiger partial charge on any atom is 0.0701 e. The maximum atomic E-state index is 5.66. The Kier molecular flexibility index (Phi) is 33.8. The van der Waals surface area contributed by atoms with Crippen molar-refractivity contribution < 1.29 is 23.7 Å². The third-order valence-electron chi connectivity index (χ3n) is 7.13. The van der Waals surface area contributed by atoms with Gasteiger partial charge in [0.25, 0.3) is 0 Å². The van der Waals surface area contributed by atoms with Crippen molar-refractivity contribution in [3.8, 4) is 0 Å². The van der Waals surface area contributed by atoms with E-state index in [1.54, 1.807) is 0 Å². The van der Waals surface area contributed by atoms with Crippen LogP contribution in [0.2, 0.25) is 0 Å². The van der Waals surface area contributed by atoms with E-state index in [0.29, 0.717) is 52.9 Å². The molecule has 0 bridgehead atoms. The van der Waals surface area contributed by atoms with Gasteiger partial charge in [-0.25, -0.2) is 0 Å². The van der Waals surface area contributed by atoms with E-state index in [4.69, 9.17) is 23.7 Å². The maximum absolute atomic E-state index is 5.66. The van der Waals surface area contributed by atoms with Crippen molar-refractivity contribution in [2.45, 2.75) is 143 Å². The van der Waals surface area contributed by atoms with Gasteiger partial charge >= 0.3 is 0 Å². The van der Waals surface area contributed by atoms with Gasteiger partial charge in [-0.15, -0.1) is 0 Å². The lowest BCUT2D eigenvalue weighted by molar-refractivity contribution is -0.0114. The zero-order valence-corrected chi connectivity index (χ0v) is 27.0. The largest absolute Gasteiger partial charge is 0.379 e. The van der Waals surface area contributed by atoms with E-state index < -0.39 is 0 Å². The Bertz CT molecular complexity index is 392. The van der Waals surface area contributed by atoms with Crippen LogP contribution in [-0.2, 0) is 23.7 Å². The Morgan fingerprint density at radius 1 is 0.256 bits per heavy atom. The van der Waals surface area contributed by atoms with Crippen LogP contribution < -0.4 is 0 Å². The molecule has 0 aromatic rings. The predicted molar refractivity (Wildman–Crippen MR) is 167 cm³/mol. The van der Waals surface area contributed by atoms with Crippen molar-refractivity contribution in [2.75, 3.05) is 66.1 Å². The topological polar surface area (TPSA) is 46.2 Å². The highest BCUT2D eigenvalue weighted by Gasteiger charge is 1.98. The highest BCUT2D eigenvalue weighted by molar-refractivity contribution is 4.51. The quantitative estimate of drug-likeness (QED) is 0.0736. The molecule has 0 atom stereocenters. The minimum Gasteiger partial charge on any atom is -0.379 e. The molecule has 0 saturated heterocycles. The smallest absolute Gasteiger partial charge is 0.0701 e. The van der Waals surface area contributed by atoms with E-state index in [-0.39, 0.29) is 0 Å². The van der Waals surface area contributed by atoms with Gasteiger partial charge in [-0.3, -0.25) is 0 Å². The summed E-state index contributed by atoms with van der Waals surface area (Å²) in [5, 5.41) is 0. The molecule has 0 rings (SSSR count). The summed E-state index contributed by atoms with van der Waals surface area (Å²) in [4.78, 5) is 0. The molecule has 0 radical (unpaired) electrons. The lowest BCUT2D eigenvalue weighted by Crippen LogP contribution is -2.13. The SMILES string of the molecule is CC(C)CCCCCCCCCCOCCOCCOCCOCCOCCCCCCCCCCC(C)C. The van der Waals surface area contributed by atoms with Gasteiger partial charge in [0.2, 0.25) is 0 Å². The summed E-state index contributed by atoms with van der Waals surface area (Å²) in [5.41, 5.74) is 0. The summed E-state index contributed by atoms with van der Waals surface area (Å²) in [6.45, 7) is 16.1. The first-order chi connectivity index (χ1) is 19.1. The van der Waals surface area contributed by atoms with Crippen LogP contribution in [-0.4, -0.2) is 66.1 Å². The summed E-state index contributed by atoms with van der Waals surface area (Å²) < 4.78 is 28.0. The van der Waals surface area contributed by atoms with Gasteiger partial charge in [-0.2, -0.15) is 0 Å². The first-order valence-corrected chi connectivity index (χ1v) is 17.0. The second kappa shape index (κ2) is 34.0. The highest BCUT2D eigenvalue weighted by Crippen LogP contribution is 2.13. The molecule has 0 spiro atoms. The van der Waals surface area contributed by atoms with Gasteiger partial charge in [0.15, 0.2) is 0 Å². The molecular weight excluding hydrogens is 488 g/mol. The number of hydrogen-bond donors (Lipinski definition) is 0. The van der Waals surface area contributed by atoms with Crippen LogP contribution in [0.15, 0.2) is 0 Å². The minimum atomic E-state index is 0.606. The fourth-order valence-corrected chi connectivity index (χ4v) is 4.62. The average molecular weight is 559 g/mol. The summed E-state index contributed by atoms with van der Waals surface area (Å²) in [5.74, 6) is 1.72. The second-order valence-corrected chi connectivity index (χ2v) is 12.1. The molecular formula is C34H70O5. The first kappa shape index (κ1) is 38.8. The lowest BCUT2D eigenvalue weighted by Gasteiger charge is -2.08. The molecule has 236 valence electrons. The summed E-state index contributed by atoms with van der Waals surface area (Å²) in [6, 6.07) is 0. The Labute approximate surface area is 244 Å². The molecule has 0 saturated carbocycles. The monoisotopic (exact) mass is 559 g/mol. The zero-order chi connectivity index (χ0) is 28.5. The van der Waals surface area contributed by atoms with Crippen molar-refractivity contribution in [3.63, 3.8) is 0 Å². The van der Waals surface area contributed by atoms with Crippen LogP contribution in [0.5, 0.6) is 0 Å². The van der Waals surface area contributed by atoms with E-state index in [9.17, 15) is 0 Å². The van der Waals surface area contributed by atoms with Crippen molar-refractivity contribution >= 4 is 0 Å². The molecule has 5 heteroatoms. The molecule has 0 heterocycles. The summed E-state index contributed by atoms with van der Waals surface area (Å²) in [6.07, 6.45) is 24.4. The third kappa shape index (κ3) is 37.8. The number of rotatable bonds is 34. The molecule has 0 aromatic heterocycles. The van der Waals surface area contributed by atoms with Gasteiger partial charge in [0.1, 0.15) is 0 Å². The molecule has 0 fully saturated rings. The predicted octanol–water partition coefficient (Wildman–Crippen LogP) is 9.40.